The van der Waals surface area contributed by atoms with E-state index < -0.39 is 0 Å². The molecule has 0 saturated carbocycles. The first-order valence-corrected chi connectivity index (χ1v) is 7.19. The van der Waals surface area contributed by atoms with E-state index in [9.17, 15) is 0 Å². The number of halogens is 2. The van der Waals surface area contributed by atoms with E-state index in [0.717, 1.165) is 21.7 Å². The van der Waals surface area contributed by atoms with E-state index in [0.29, 0.717) is 10.0 Å². The van der Waals surface area contributed by atoms with Crippen molar-refractivity contribution in [3.8, 4) is 0 Å². The maximum Gasteiger partial charge on any atom is 0.117 e. The molecule has 2 aromatic rings. The van der Waals surface area contributed by atoms with E-state index in [1.54, 1.807) is 24.2 Å². The van der Waals surface area contributed by atoms with Gasteiger partial charge in [0, 0.05) is 10.4 Å². The minimum Gasteiger partial charge on any atom is -0.235 e. The molecule has 0 atom stereocenters. The van der Waals surface area contributed by atoms with E-state index in [2.05, 4.69) is 16.9 Å². The van der Waals surface area contributed by atoms with Crippen molar-refractivity contribution in [2.75, 3.05) is 5.75 Å². The molecule has 0 N–H and O–H groups in total. The lowest BCUT2D eigenvalue weighted by Crippen LogP contribution is -1.89. The van der Waals surface area contributed by atoms with Crippen molar-refractivity contribution in [1.82, 2.24) is 9.97 Å². The minimum atomic E-state index is 0.576. The number of fused-ring (bicyclic) bond motifs is 1. The number of aromatic nitrogens is 2. The quantitative estimate of drug-likeness (QED) is 0.457. The topological polar surface area (TPSA) is 25.8 Å². The van der Waals surface area contributed by atoms with Crippen molar-refractivity contribution in [2.24, 2.45) is 0 Å². The minimum absolute atomic E-state index is 0.576. The zero-order valence-corrected chi connectivity index (χ0v) is 11.7. The van der Waals surface area contributed by atoms with Gasteiger partial charge in [-0.25, -0.2) is 9.97 Å². The molecule has 0 amide bonds. The molecule has 0 aliphatic rings. The van der Waals surface area contributed by atoms with Crippen molar-refractivity contribution in [1.29, 1.82) is 0 Å². The number of hydrogen-bond acceptors (Lipinski definition) is 3. The van der Waals surface area contributed by atoms with Crippen molar-refractivity contribution >= 4 is 45.9 Å². The molecule has 17 heavy (non-hydrogen) atoms. The first-order chi connectivity index (χ1) is 8.22. The van der Waals surface area contributed by atoms with E-state index in [4.69, 9.17) is 23.2 Å². The molecule has 0 aliphatic carbocycles. The Morgan fingerprint density at radius 1 is 1.24 bits per heavy atom. The van der Waals surface area contributed by atoms with Gasteiger partial charge < -0.3 is 0 Å². The van der Waals surface area contributed by atoms with Crippen molar-refractivity contribution in [3.05, 3.63) is 28.5 Å². The molecule has 1 aromatic heterocycles. The number of nitrogens with zero attached hydrogens (tertiary/aromatic N) is 2. The van der Waals surface area contributed by atoms with Crippen LogP contribution in [0.4, 0.5) is 0 Å². The molecule has 1 aromatic carbocycles. The highest BCUT2D eigenvalue weighted by atomic mass is 35.5. The zero-order valence-electron chi connectivity index (χ0n) is 9.41. The summed E-state index contributed by atoms with van der Waals surface area (Å²) in [5.74, 6) is 1.05. The van der Waals surface area contributed by atoms with Gasteiger partial charge in [0.15, 0.2) is 0 Å². The molecule has 0 unspecified atom stereocenters. The van der Waals surface area contributed by atoms with Gasteiger partial charge in [0.1, 0.15) is 11.4 Å². The Morgan fingerprint density at radius 2 is 2.06 bits per heavy atom. The summed E-state index contributed by atoms with van der Waals surface area (Å²) in [6, 6.07) is 3.58. The Balaban J connectivity index is 2.42. The van der Waals surface area contributed by atoms with Crippen LogP contribution in [0.25, 0.3) is 10.9 Å². The van der Waals surface area contributed by atoms with Gasteiger partial charge in [0.2, 0.25) is 0 Å². The second kappa shape index (κ2) is 5.89. The highest BCUT2D eigenvalue weighted by molar-refractivity contribution is 7.99. The van der Waals surface area contributed by atoms with Crippen LogP contribution in [0.15, 0.2) is 23.5 Å². The molecule has 90 valence electrons. The third-order valence-electron chi connectivity index (χ3n) is 2.36. The summed E-state index contributed by atoms with van der Waals surface area (Å²) in [6.45, 7) is 2.17. The summed E-state index contributed by atoms with van der Waals surface area (Å²) >= 11 is 13.8. The SMILES string of the molecule is CCCCSc1ncnc2c(Cl)cc(Cl)cc12. The van der Waals surface area contributed by atoms with E-state index in [-0.39, 0.29) is 0 Å². The molecule has 0 aliphatic heterocycles. The molecule has 0 saturated heterocycles. The van der Waals surface area contributed by atoms with Gasteiger partial charge in [-0.3, -0.25) is 0 Å². The fourth-order valence-corrected chi connectivity index (χ4v) is 3.10. The molecular formula is C12H12Cl2N2S. The lowest BCUT2D eigenvalue weighted by molar-refractivity contribution is 0.895. The Bertz CT molecular complexity index is 531. The van der Waals surface area contributed by atoms with Crippen molar-refractivity contribution in [3.63, 3.8) is 0 Å². The summed E-state index contributed by atoms with van der Waals surface area (Å²) in [6.07, 6.45) is 3.90. The molecule has 0 radical (unpaired) electrons. The van der Waals surface area contributed by atoms with Gasteiger partial charge in [0.05, 0.1) is 10.5 Å². The van der Waals surface area contributed by atoms with Crippen LogP contribution in [0.1, 0.15) is 19.8 Å². The highest BCUT2D eigenvalue weighted by Gasteiger charge is 2.08. The second-order valence-electron chi connectivity index (χ2n) is 3.66. The van der Waals surface area contributed by atoms with Crippen LogP contribution in [-0.4, -0.2) is 15.7 Å². The zero-order chi connectivity index (χ0) is 12.3. The Hall–Kier alpha value is -0.510. The third kappa shape index (κ3) is 3.03. The van der Waals surface area contributed by atoms with Crippen LogP contribution < -0.4 is 0 Å². The van der Waals surface area contributed by atoms with Crippen LogP contribution >= 0.6 is 35.0 Å². The fourth-order valence-electron chi connectivity index (χ4n) is 1.50. The standard InChI is InChI=1S/C12H12Cl2N2S/c1-2-3-4-17-12-9-5-8(13)6-10(14)11(9)15-7-16-12/h5-7H,2-4H2,1H3. The van der Waals surface area contributed by atoms with Gasteiger partial charge >= 0.3 is 0 Å². The average Bonchev–Trinajstić information content (AvgIpc) is 2.30. The lowest BCUT2D eigenvalue weighted by Gasteiger charge is -2.06. The van der Waals surface area contributed by atoms with E-state index in [1.165, 1.54) is 12.8 Å². The van der Waals surface area contributed by atoms with Crippen molar-refractivity contribution in [2.45, 2.75) is 24.8 Å². The number of rotatable bonds is 4. The largest absolute Gasteiger partial charge is 0.235 e. The van der Waals surface area contributed by atoms with Gasteiger partial charge in [0.25, 0.3) is 0 Å². The predicted molar refractivity (Wildman–Crippen MR) is 75.2 cm³/mol. The van der Waals surface area contributed by atoms with Crippen LogP contribution in [0.3, 0.4) is 0 Å². The Labute approximate surface area is 115 Å². The summed E-state index contributed by atoms with van der Waals surface area (Å²) in [5.41, 5.74) is 0.769. The molecule has 2 rings (SSSR count). The van der Waals surface area contributed by atoms with E-state index in [1.807, 2.05) is 6.07 Å². The molecular weight excluding hydrogens is 275 g/mol. The normalized spacial score (nSPS) is 11.0. The maximum atomic E-state index is 6.11. The van der Waals surface area contributed by atoms with Crippen LogP contribution in [0.2, 0.25) is 10.0 Å². The number of hydrogen-bond donors (Lipinski definition) is 0. The van der Waals surface area contributed by atoms with Gasteiger partial charge in [-0.05, 0) is 24.3 Å². The third-order valence-corrected chi connectivity index (χ3v) is 3.95. The monoisotopic (exact) mass is 286 g/mol. The number of unbranched alkanes of at least 4 members (excludes halogenated alkanes) is 1. The van der Waals surface area contributed by atoms with Crippen LogP contribution in [0, 0.1) is 0 Å². The van der Waals surface area contributed by atoms with Gasteiger partial charge in [-0.1, -0.05) is 36.5 Å². The Kier molecular flexibility index (Phi) is 4.48. The fraction of sp³-hybridized carbons (Fsp3) is 0.333. The van der Waals surface area contributed by atoms with Gasteiger partial charge in [-0.15, -0.1) is 11.8 Å². The molecule has 0 bridgehead atoms. The molecule has 5 heteroatoms. The Morgan fingerprint density at radius 3 is 2.82 bits per heavy atom. The molecule has 2 nitrogen and oxygen atoms in total. The summed E-state index contributed by atoms with van der Waals surface area (Å²) in [5, 5.41) is 3.08. The first kappa shape index (κ1) is 12.9. The van der Waals surface area contributed by atoms with Gasteiger partial charge in [-0.2, -0.15) is 0 Å². The number of benzene rings is 1. The first-order valence-electron chi connectivity index (χ1n) is 5.45. The summed E-state index contributed by atoms with van der Waals surface area (Å²) in [7, 11) is 0. The highest BCUT2D eigenvalue weighted by Crippen LogP contribution is 2.31. The summed E-state index contributed by atoms with van der Waals surface area (Å²) < 4.78 is 0. The lowest BCUT2D eigenvalue weighted by atomic mass is 10.2. The van der Waals surface area contributed by atoms with Crippen LogP contribution in [-0.2, 0) is 0 Å². The van der Waals surface area contributed by atoms with Crippen molar-refractivity contribution < 1.29 is 0 Å². The molecule has 0 fully saturated rings. The number of thioether (sulfide) groups is 1. The summed E-state index contributed by atoms with van der Waals surface area (Å²) in [4.78, 5) is 8.49. The average molecular weight is 287 g/mol. The predicted octanol–water partition coefficient (Wildman–Crippen LogP) is 4.83. The smallest absolute Gasteiger partial charge is 0.117 e. The van der Waals surface area contributed by atoms with E-state index >= 15 is 0 Å². The second-order valence-corrected chi connectivity index (χ2v) is 5.59. The molecule has 1 heterocycles. The maximum absolute atomic E-state index is 6.11. The molecule has 0 spiro atoms. The van der Waals surface area contributed by atoms with Crippen LogP contribution in [0.5, 0.6) is 0 Å².